The van der Waals surface area contributed by atoms with E-state index < -0.39 is 0 Å². The number of nitrogens with zero attached hydrogens (tertiary/aromatic N) is 2. The molecule has 0 aliphatic heterocycles. The van der Waals surface area contributed by atoms with Crippen LogP contribution in [0.5, 0.6) is 0 Å². The zero-order valence-electron chi connectivity index (χ0n) is 11.1. The van der Waals surface area contributed by atoms with Gasteiger partial charge in [0.25, 0.3) is 0 Å². The molecule has 2 rings (SSSR count). The van der Waals surface area contributed by atoms with Crippen LogP contribution in [0.1, 0.15) is 25.6 Å². The lowest BCUT2D eigenvalue weighted by molar-refractivity contribution is 0.622. The Hall–Kier alpha value is -1.00. The van der Waals surface area contributed by atoms with E-state index >= 15 is 0 Å². The summed E-state index contributed by atoms with van der Waals surface area (Å²) in [6, 6.07) is 5.74. The van der Waals surface area contributed by atoms with Crippen molar-refractivity contribution in [1.29, 1.82) is 0 Å². The smallest absolute Gasteiger partial charge is 0.131 e. The van der Waals surface area contributed by atoms with Gasteiger partial charge >= 0.3 is 0 Å². The average Bonchev–Trinajstić information content (AvgIpc) is 2.63. The molecule has 102 valence electrons. The number of rotatable bonds is 4. The number of imidazole rings is 1. The molecular formula is C14H17BrClN3. The highest BCUT2D eigenvalue weighted by Gasteiger charge is 2.15. The molecular weight excluding hydrogens is 326 g/mol. The average molecular weight is 343 g/mol. The highest BCUT2D eigenvalue weighted by atomic mass is 79.9. The molecule has 2 N–H and O–H groups in total. The maximum absolute atomic E-state index is 6.27. The maximum Gasteiger partial charge on any atom is 0.131 e. The summed E-state index contributed by atoms with van der Waals surface area (Å²) >= 11 is 9.67. The topological polar surface area (TPSA) is 43.8 Å². The molecule has 1 heterocycles. The van der Waals surface area contributed by atoms with Crippen LogP contribution in [-0.4, -0.2) is 9.55 Å². The van der Waals surface area contributed by atoms with E-state index in [1.807, 2.05) is 25.1 Å². The third kappa shape index (κ3) is 2.95. The van der Waals surface area contributed by atoms with Gasteiger partial charge in [-0.2, -0.15) is 0 Å². The van der Waals surface area contributed by atoms with E-state index in [1.165, 1.54) is 0 Å². The molecule has 5 heteroatoms. The van der Waals surface area contributed by atoms with Crippen LogP contribution in [-0.2, 0) is 6.54 Å². The first-order valence-corrected chi connectivity index (χ1v) is 7.49. The molecule has 0 fully saturated rings. The van der Waals surface area contributed by atoms with E-state index in [-0.39, 0.29) is 0 Å². The van der Waals surface area contributed by atoms with E-state index in [0.29, 0.717) is 10.8 Å². The van der Waals surface area contributed by atoms with Gasteiger partial charge in [-0.3, -0.25) is 0 Å². The lowest BCUT2D eigenvalue weighted by Gasteiger charge is -2.07. The number of aryl methyl sites for hydroxylation is 1. The Labute approximate surface area is 126 Å². The molecule has 3 nitrogen and oxygen atoms in total. The first kappa shape index (κ1) is 14.4. The first-order valence-electron chi connectivity index (χ1n) is 6.32. The van der Waals surface area contributed by atoms with E-state index in [9.17, 15) is 0 Å². The largest absolute Gasteiger partial charge is 0.383 e. The van der Waals surface area contributed by atoms with Crippen molar-refractivity contribution in [2.24, 2.45) is 0 Å². The molecule has 1 aromatic heterocycles. The van der Waals surface area contributed by atoms with Crippen LogP contribution in [0, 0.1) is 6.92 Å². The molecule has 0 aliphatic rings. The van der Waals surface area contributed by atoms with Crippen molar-refractivity contribution < 1.29 is 0 Å². The zero-order valence-corrected chi connectivity index (χ0v) is 13.4. The summed E-state index contributed by atoms with van der Waals surface area (Å²) in [4.78, 5) is 4.56. The standard InChI is InChI=1S/C14H17BrClN3/c1-3-4-7-19-9(2)18-13(14(19)17)11-6-5-10(15)8-12(11)16/h5-6,8H,3-4,7,17H2,1-2H3. The van der Waals surface area contributed by atoms with Crippen LogP contribution in [0.2, 0.25) is 5.02 Å². The minimum Gasteiger partial charge on any atom is -0.383 e. The summed E-state index contributed by atoms with van der Waals surface area (Å²) in [5, 5.41) is 0.654. The number of halogens is 2. The molecule has 0 saturated heterocycles. The lowest BCUT2D eigenvalue weighted by atomic mass is 10.1. The second-order valence-corrected chi connectivity index (χ2v) is 5.85. The summed E-state index contributed by atoms with van der Waals surface area (Å²) in [6.07, 6.45) is 2.22. The summed E-state index contributed by atoms with van der Waals surface area (Å²) in [7, 11) is 0. The van der Waals surface area contributed by atoms with Crippen LogP contribution < -0.4 is 5.73 Å². The van der Waals surface area contributed by atoms with Gasteiger partial charge in [0, 0.05) is 16.6 Å². The number of benzene rings is 1. The minimum atomic E-state index is 0.654. The van der Waals surface area contributed by atoms with Crippen LogP contribution in [0.4, 0.5) is 5.82 Å². The normalized spacial score (nSPS) is 10.9. The number of unbranched alkanes of at least 4 members (excludes halogenated alkanes) is 1. The number of hydrogen-bond donors (Lipinski definition) is 1. The monoisotopic (exact) mass is 341 g/mol. The van der Waals surface area contributed by atoms with Gasteiger partial charge in [-0.25, -0.2) is 4.98 Å². The van der Waals surface area contributed by atoms with Crippen molar-refractivity contribution in [3.05, 3.63) is 33.5 Å². The highest BCUT2D eigenvalue weighted by molar-refractivity contribution is 9.10. The quantitative estimate of drug-likeness (QED) is 0.878. The Kier molecular flexibility index (Phi) is 4.53. The Morgan fingerprint density at radius 3 is 2.79 bits per heavy atom. The Morgan fingerprint density at radius 2 is 2.16 bits per heavy atom. The van der Waals surface area contributed by atoms with Gasteiger partial charge in [0.05, 0.1) is 5.02 Å². The van der Waals surface area contributed by atoms with Crippen molar-refractivity contribution in [2.45, 2.75) is 33.2 Å². The van der Waals surface area contributed by atoms with Gasteiger partial charge in [0.15, 0.2) is 0 Å². The zero-order chi connectivity index (χ0) is 14.0. The summed E-state index contributed by atoms with van der Waals surface area (Å²) in [6.45, 7) is 5.03. The van der Waals surface area contributed by atoms with Gasteiger partial charge in [-0.05, 0) is 25.5 Å². The second kappa shape index (κ2) is 5.97. The van der Waals surface area contributed by atoms with Gasteiger partial charge in [-0.1, -0.05) is 46.9 Å². The molecule has 0 saturated carbocycles. The Balaban J connectivity index is 2.45. The number of anilines is 1. The number of nitrogens with two attached hydrogens (primary N) is 1. The fraction of sp³-hybridized carbons (Fsp3) is 0.357. The van der Waals surface area contributed by atoms with Crippen molar-refractivity contribution in [2.75, 3.05) is 5.73 Å². The van der Waals surface area contributed by atoms with Gasteiger partial charge in [0.1, 0.15) is 17.3 Å². The summed E-state index contributed by atoms with van der Waals surface area (Å²) < 4.78 is 3.00. The predicted molar refractivity (Wildman–Crippen MR) is 84.4 cm³/mol. The van der Waals surface area contributed by atoms with Crippen molar-refractivity contribution in [1.82, 2.24) is 9.55 Å². The van der Waals surface area contributed by atoms with Crippen molar-refractivity contribution >= 4 is 33.3 Å². The van der Waals surface area contributed by atoms with Crippen molar-refractivity contribution in [3.8, 4) is 11.3 Å². The SMILES string of the molecule is CCCCn1c(C)nc(-c2ccc(Br)cc2Cl)c1N. The second-order valence-electron chi connectivity index (χ2n) is 4.52. The Morgan fingerprint density at radius 1 is 1.42 bits per heavy atom. The number of hydrogen-bond acceptors (Lipinski definition) is 2. The van der Waals surface area contributed by atoms with Gasteiger partial charge in [-0.15, -0.1) is 0 Å². The molecule has 0 bridgehead atoms. The molecule has 1 aromatic carbocycles. The van der Waals surface area contributed by atoms with Gasteiger partial charge in [0.2, 0.25) is 0 Å². The van der Waals surface area contributed by atoms with Crippen LogP contribution >= 0.6 is 27.5 Å². The summed E-state index contributed by atoms with van der Waals surface area (Å²) in [5.41, 5.74) is 7.86. The summed E-state index contributed by atoms with van der Waals surface area (Å²) in [5.74, 6) is 1.62. The minimum absolute atomic E-state index is 0.654. The molecule has 19 heavy (non-hydrogen) atoms. The third-order valence-corrected chi connectivity index (χ3v) is 3.93. The molecule has 2 aromatic rings. The van der Waals surface area contributed by atoms with Crippen LogP contribution in [0.3, 0.4) is 0 Å². The molecule has 0 spiro atoms. The highest BCUT2D eigenvalue weighted by Crippen LogP contribution is 2.33. The molecule has 0 amide bonds. The maximum atomic E-state index is 6.27. The molecule has 0 atom stereocenters. The predicted octanol–water partition coefficient (Wildman–Crippen LogP) is 4.66. The fourth-order valence-electron chi connectivity index (χ4n) is 2.06. The van der Waals surface area contributed by atoms with Crippen molar-refractivity contribution in [3.63, 3.8) is 0 Å². The number of aromatic nitrogens is 2. The third-order valence-electron chi connectivity index (χ3n) is 3.12. The Bertz CT molecular complexity index is 593. The molecule has 0 aliphatic carbocycles. The van der Waals surface area contributed by atoms with E-state index in [1.54, 1.807) is 0 Å². The van der Waals surface area contributed by atoms with Gasteiger partial charge < -0.3 is 10.3 Å². The molecule has 0 radical (unpaired) electrons. The molecule has 0 unspecified atom stereocenters. The van der Waals surface area contributed by atoms with E-state index in [4.69, 9.17) is 17.3 Å². The first-order chi connectivity index (χ1) is 9.04. The van der Waals surface area contributed by atoms with Crippen LogP contribution in [0.15, 0.2) is 22.7 Å². The van der Waals surface area contributed by atoms with E-state index in [2.05, 4.69) is 32.4 Å². The van der Waals surface area contributed by atoms with E-state index in [0.717, 1.165) is 40.9 Å². The number of nitrogen functional groups attached to an aromatic ring is 1. The van der Waals surface area contributed by atoms with Crippen LogP contribution in [0.25, 0.3) is 11.3 Å². The fourth-order valence-corrected chi connectivity index (χ4v) is 2.82. The lowest BCUT2D eigenvalue weighted by Crippen LogP contribution is -2.04.